The second kappa shape index (κ2) is 7.96. The molecule has 1 aromatic heterocycles. The van der Waals surface area contributed by atoms with Crippen LogP contribution < -0.4 is 10.1 Å². The molecule has 1 N–H and O–H groups in total. The molecule has 1 atom stereocenters. The van der Waals surface area contributed by atoms with Crippen molar-refractivity contribution in [1.82, 2.24) is 4.31 Å². The minimum atomic E-state index is -3.55. The number of halogens is 1. The van der Waals surface area contributed by atoms with Crippen molar-refractivity contribution >= 4 is 44.6 Å². The van der Waals surface area contributed by atoms with Gasteiger partial charge in [-0.2, -0.15) is 4.31 Å². The topological polar surface area (TPSA) is 75.7 Å². The van der Waals surface area contributed by atoms with Gasteiger partial charge in [0.05, 0.1) is 18.7 Å². The summed E-state index contributed by atoms with van der Waals surface area (Å²) in [5.41, 5.74) is 0.475. The zero-order valence-corrected chi connectivity index (χ0v) is 16.5. The number of piperidine rings is 1. The normalized spacial score (nSPS) is 18.5. The number of hydrogen-bond donors (Lipinski definition) is 1. The predicted molar refractivity (Wildman–Crippen MR) is 102 cm³/mol. The van der Waals surface area contributed by atoms with Gasteiger partial charge in [0.25, 0.3) is 10.0 Å². The number of methoxy groups -OCH3 is 1. The molecule has 0 aliphatic carbocycles. The zero-order valence-electron chi connectivity index (χ0n) is 14.1. The summed E-state index contributed by atoms with van der Waals surface area (Å²) in [5, 5.41) is 5.02. The summed E-state index contributed by atoms with van der Waals surface area (Å²) >= 11 is 7.17. The Balaban J connectivity index is 1.74. The van der Waals surface area contributed by atoms with Crippen LogP contribution in [0.1, 0.15) is 12.8 Å². The van der Waals surface area contributed by atoms with Gasteiger partial charge in [0.2, 0.25) is 5.91 Å². The molecule has 1 aliphatic heterocycles. The highest BCUT2D eigenvalue weighted by atomic mass is 35.5. The standard InChI is InChI=1S/C17H19ClN2O4S2/c1-24-15-7-6-13(18)10-14(15)19-17(21)12-4-2-8-20(11-12)26(22,23)16-5-3-9-25-16/h3,5-7,9-10,12H,2,4,8,11H2,1H3,(H,19,21). The lowest BCUT2D eigenvalue weighted by Gasteiger charge is -2.30. The predicted octanol–water partition coefficient (Wildman–Crippen LogP) is 3.45. The number of rotatable bonds is 5. The number of sulfonamides is 1. The van der Waals surface area contributed by atoms with Crippen molar-refractivity contribution in [3.8, 4) is 5.75 Å². The molecule has 0 saturated carbocycles. The van der Waals surface area contributed by atoms with E-state index >= 15 is 0 Å². The maximum absolute atomic E-state index is 12.7. The van der Waals surface area contributed by atoms with Crippen LogP contribution >= 0.6 is 22.9 Å². The van der Waals surface area contributed by atoms with Crippen LogP contribution in [0.15, 0.2) is 39.9 Å². The molecule has 3 rings (SSSR count). The highest BCUT2D eigenvalue weighted by Crippen LogP contribution is 2.30. The molecule has 1 amide bonds. The average molecular weight is 415 g/mol. The summed E-state index contributed by atoms with van der Waals surface area (Å²) in [5.74, 6) is -0.166. The molecule has 6 nitrogen and oxygen atoms in total. The van der Waals surface area contributed by atoms with Crippen LogP contribution in [0.25, 0.3) is 0 Å². The number of thiophene rings is 1. The van der Waals surface area contributed by atoms with E-state index in [0.717, 1.165) is 0 Å². The lowest BCUT2D eigenvalue weighted by atomic mass is 9.98. The molecule has 26 heavy (non-hydrogen) atoms. The Morgan fingerprint density at radius 2 is 2.19 bits per heavy atom. The molecule has 1 unspecified atom stereocenters. The van der Waals surface area contributed by atoms with E-state index in [1.807, 2.05) is 0 Å². The molecule has 1 aromatic carbocycles. The van der Waals surface area contributed by atoms with Gasteiger partial charge in [-0.15, -0.1) is 11.3 Å². The molecule has 140 valence electrons. The van der Waals surface area contributed by atoms with E-state index in [4.69, 9.17) is 16.3 Å². The molecule has 2 aromatic rings. The average Bonchev–Trinajstić information content (AvgIpc) is 3.17. The third kappa shape index (κ3) is 4.03. The van der Waals surface area contributed by atoms with Crippen LogP contribution in [0.5, 0.6) is 5.75 Å². The van der Waals surface area contributed by atoms with E-state index < -0.39 is 15.9 Å². The minimum Gasteiger partial charge on any atom is -0.495 e. The first-order chi connectivity index (χ1) is 12.4. The summed E-state index contributed by atoms with van der Waals surface area (Å²) in [4.78, 5) is 12.7. The number of benzene rings is 1. The van der Waals surface area contributed by atoms with Gasteiger partial charge in [-0.1, -0.05) is 17.7 Å². The monoisotopic (exact) mass is 414 g/mol. The van der Waals surface area contributed by atoms with Gasteiger partial charge >= 0.3 is 0 Å². The number of carbonyl (C=O) groups excluding carboxylic acids is 1. The molecule has 2 heterocycles. The van der Waals surface area contributed by atoms with Gasteiger partial charge in [-0.25, -0.2) is 8.42 Å². The largest absolute Gasteiger partial charge is 0.495 e. The number of amides is 1. The Bertz CT molecular complexity index is 884. The second-order valence-electron chi connectivity index (χ2n) is 5.97. The Labute approximate surface area is 161 Å². The summed E-state index contributed by atoms with van der Waals surface area (Å²) in [6.07, 6.45) is 1.26. The smallest absolute Gasteiger partial charge is 0.252 e. The van der Waals surface area contributed by atoms with Crippen LogP contribution in [0.4, 0.5) is 5.69 Å². The lowest BCUT2D eigenvalue weighted by molar-refractivity contribution is -0.120. The summed E-state index contributed by atoms with van der Waals surface area (Å²) in [6, 6.07) is 8.25. The number of hydrogen-bond acceptors (Lipinski definition) is 5. The number of ether oxygens (including phenoxy) is 1. The second-order valence-corrected chi connectivity index (χ2v) is 9.52. The fourth-order valence-corrected chi connectivity index (χ4v) is 5.77. The Kier molecular flexibility index (Phi) is 5.86. The van der Waals surface area contributed by atoms with E-state index in [2.05, 4.69) is 5.32 Å². The van der Waals surface area contributed by atoms with Crippen LogP contribution in [-0.2, 0) is 14.8 Å². The fraction of sp³-hybridized carbons (Fsp3) is 0.353. The molecule has 0 radical (unpaired) electrons. The van der Waals surface area contributed by atoms with Crippen molar-refractivity contribution in [3.05, 3.63) is 40.7 Å². The van der Waals surface area contributed by atoms with Crippen molar-refractivity contribution in [2.24, 2.45) is 5.92 Å². The molecule has 1 aliphatic rings. The van der Waals surface area contributed by atoms with Crippen molar-refractivity contribution in [1.29, 1.82) is 0 Å². The van der Waals surface area contributed by atoms with E-state index in [1.165, 1.54) is 22.8 Å². The van der Waals surface area contributed by atoms with Crippen LogP contribution in [0, 0.1) is 5.92 Å². The van der Waals surface area contributed by atoms with E-state index in [9.17, 15) is 13.2 Å². The highest BCUT2D eigenvalue weighted by Gasteiger charge is 2.34. The summed E-state index contributed by atoms with van der Waals surface area (Å²) < 4.78 is 32.3. The highest BCUT2D eigenvalue weighted by molar-refractivity contribution is 7.91. The Morgan fingerprint density at radius 1 is 1.38 bits per heavy atom. The first kappa shape index (κ1) is 19.2. The zero-order chi connectivity index (χ0) is 18.7. The van der Waals surface area contributed by atoms with E-state index in [1.54, 1.807) is 35.7 Å². The number of nitrogens with one attached hydrogen (secondary N) is 1. The van der Waals surface area contributed by atoms with Gasteiger partial charge in [0.15, 0.2) is 0 Å². The first-order valence-electron chi connectivity index (χ1n) is 8.10. The van der Waals surface area contributed by atoms with Crippen molar-refractivity contribution in [2.75, 3.05) is 25.5 Å². The van der Waals surface area contributed by atoms with Gasteiger partial charge in [-0.05, 0) is 42.5 Å². The summed E-state index contributed by atoms with van der Waals surface area (Å²) in [7, 11) is -2.04. The Hall–Kier alpha value is -1.61. The maximum Gasteiger partial charge on any atom is 0.252 e. The quantitative estimate of drug-likeness (QED) is 0.813. The molecule has 0 bridgehead atoms. The van der Waals surface area contributed by atoms with Crippen LogP contribution in [0.2, 0.25) is 5.02 Å². The number of anilines is 1. The third-order valence-electron chi connectivity index (χ3n) is 4.26. The van der Waals surface area contributed by atoms with E-state index in [0.29, 0.717) is 40.1 Å². The molecule has 0 spiro atoms. The molecule has 9 heteroatoms. The SMILES string of the molecule is COc1ccc(Cl)cc1NC(=O)C1CCCN(S(=O)(=O)c2cccs2)C1. The molecule has 1 saturated heterocycles. The summed E-state index contributed by atoms with van der Waals surface area (Å²) in [6.45, 7) is 0.583. The van der Waals surface area contributed by atoms with Crippen LogP contribution in [-0.4, -0.2) is 38.8 Å². The van der Waals surface area contributed by atoms with Crippen molar-refractivity contribution in [2.45, 2.75) is 17.1 Å². The first-order valence-corrected chi connectivity index (χ1v) is 10.8. The van der Waals surface area contributed by atoms with E-state index in [-0.39, 0.29) is 12.5 Å². The third-order valence-corrected chi connectivity index (χ3v) is 7.74. The maximum atomic E-state index is 12.7. The fourth-order valence-electron chi connectivity index (χ4n) is 2.92. The number of nitrogens with zero attached hydrogens (tertiary/aromatic N) is 1. The van der Waals surface area contributed by atoms with Crippen molar-refractivity contribution in [3.63, 3.8) is 0 Å². The van der Waals surface area contributed by atoms with Gasteiger partial charge in [0.1, 0.15) is 9.96 Å². The number of carbonyl (C=O) groups is 1. The molecular weight excluding hydrogens is 396 g/mol. The lowest BCUT2D eigenvalue weighted by Crippen LogP contribution is -2.43. The van der Waals surface area contributed by atoms with Gasteiger partial charge < -0.3 is 10.1 Å². The Morgan fingerprint density at radius 3 is 2.88 bits per heavy atom. The van der Waals surface area contributed by atoms with Gasteiger partial charge in [-0.3, -0.25) is 4.79 Å². The minimum absolute atomic E-state index is 0.162. The van der Waals surface area contributed by atoms with Crippen molar-refractivity contribution < 1.29 is 17.9 Å². The molecule has 1 fully saturated rings. The molecular formula is C17H19ClN2O4S2. The van der Waals surface area contributed by atoms with Crippen LogP contribution in [0.3, 0.4) is 0 Å². The van der Waals surface area contributed by atoms with Gasteiger partial charge in [0, 0.05) is 18.1 Å².